The molecule has 0 aromatic rings. The van der Waals surface area contributed by atoms with Gasteiger partial charge in [0.25, 0.3) is 0 Å². The summed E-state index contributed by atoms with van der Waals surface area (Å²) < 4.78 is 5.21. The summed E-state index contributed by atoms with van der Waals surface area (Å²) in [6.07, 6.45) is 10.6. The SMILES string of the molecule is COC(=O)C(C)(C)[C@@H]1CC[C@@]2(C)[C@@H](CC=C3[C@H]4CC(C)(C)CC[C@@]4(CO)CC[C@@]32C)[C@]1(C)CC(=O)O. The number of ether oxygens (including phenoxy) is 1. The van der Waals surface area contributed by atoms with Gasteiger partial charge in [-0.15, -0.1) is 0 Å². The van der Waals surface area contributed by atoms with Crippen molar-refractivity contribution in [2.75, 3.05) is 13.7 Å². The van der Waals surface area contributed by atoms with Gasteiger partial charge in [0.1, 0.15) is 0 Å². The predicted molar refractivity (Wildman–Crippen MR) is 141 cm³/mol. The summed E-state index contributed by atoms with van der Waals surface area (Å²) in [7, 11) is 1.43. The molecule has 5 heteroatoms. The second-order valence-corrected chi connectivity index (χ2v) is 15.0. The molecule has 36 heavy (non-hydrogen) atoms. The van der Waals surface area contributed by atoms with Gasteiger partial charge in [-0.25, -0.2) is 0 Å². The van der Waals surface area contributed by atoms with E-state index in [1.807, 2.05) is 13.8 Å². The normalized spacial score (nSPS) is 43.9. The highest BCUT2D eigenvalue weighted by atomic mass is 16.5. The Balaban J connectivity index is 1.83. The minimum Gasteiger partial charge on any atom is -0.481 e. The van der Waals surface area contributed by atoms with Crippen LogP contribution in [0.4, 0.5) is 0 Å². The van der Waals surface area contributed by atoms with Crippen molar-refractivity contribution in [3.05, 3.63) is 11.6 Å². The number of aliphatic hydroxyl groups is 1. The van der Waals surface area contributed by atoms with Crippen molar-refractivity contribution in [3.63, 3.8) is 0 Å². The molecule has 0 radical (unpaired) electrons. The number of methoxy groups -OCH3 is 1. The molecule has 5 nitrogen and oxygen atoms in total. The summed E-state index contributed by atoms with van der Waals surface area (Å²) in [5.41, 5.74) is 0.409. The molecule has 0 bridgehead atoms. The number of carbonyl (C=O) groups is 2. The van der Waals surface area contributed by atoms with E-state index in [4.69, 9.17) is 4.74 Å². The van der Waals surface area contributed by atoms with E-state index in [0.29, 0.717) is 5.92 Å². The molecule has 0 saturated heterocycles. The van der Waals surface area contributed by atoms with Gasteiger partial charge in [0, 0.05) is 12.0 Å². The Kier molecular flexibility index (Phi) is 6.59. The molecule has 7 atom stereocenters. The Bertz CT molecular complexity index is 949. The highest BCUT2D eigenvalue weighted by molar-refractivity contribution is 5.77. The molecule has 0 amide bonds. The smallest absolute Gasteiger partial charge is 0.311 e. The van der Waals surface area contributed by atoms with Crippen LogP contribution < -0.4 is 0 Å². The Morgan fingerprint density at radius 3 is 2.28 bits per heavy atom. The first-order valence-electron chi connectivity index (χ1n) is 14.1. The third-order valence-corrected chi connectivity index (χ3v) is 12.5. The summed E-state index contributed by atoms with van der Waals surface area (Å²) in [6.45, 7) is 15.9. The Morgan fingerprint density at radius 1 is 1.06 bits per heavy atom. The van der Waals surface area contributed by atoms with E-state index in [1.54, 1.807) is 0 Å². The first kappa shape index (κ1) is 27.7. The number of esters is 1. The molecule has 0 aromatic heterocycles. The topological polar surface area (TPSA) is 83.8 Å². The summed E-state index contributed by atoms with van der Waals surface area (Å²) >= 11 is 0. The lowest BCUT2D eigenvalue weighted by atomic mass is 9.34. The molecule has 2 N–H and O–H groups in total. The molecule has 0 heterocycles. The van der Waals surface area contributed by atoms with E-state index >= 15 is 0 Å². The lowest BCUT2D eigenvalue weighted by Crippen LogP contribution is -2.63. The van der Waals surface area contributed by atoms with Crippen molar-refractivity contribution in [2.45, 2.75) is 106 Å². The zero-order valence-electron chi connectivity index (χ0n) is 24.0. The van der Waals surface area contributed by atoms with Crippen LogP contribution in [0.5, 0.6) is 0 Å². The number of rotatable bonds is 5. The highest BCUT2D eigenvalue weighted by Gasteiger charge is 2.68. The number of aliphatic hydroxyl groups excluding tert-OH is 1. The lowest BCUT2D eigenvalue weighted by molar-refractivity contribution is -0.190. The molecule has 4 aliphatic rings. The third kappa shape index (κ3) is 3.73. The molecule has 4 rings (SSSR count). The quantitative estimate of drug-likeness (QED) is 0.325. The monoisotopic (exact) mass is 502 g/mol. The molecule has 3 saturated carbocycles. The maximum atomic E-state index is 12.9. The number of hydrogen-bond donors (Lipinski definition) is 2. The Hall–Kier alpha value is -1.36. The van der Waals surface area contributed by atoms with Crippen LogP contribution in [-0.2, 0) is 14.3 Å². The van der Waals surface area contributed by atoms with E-state index in [0.717, 1.165) is 51.4 Å². The minimum absolute atomic E-state index is 0.0154. The van der Waals surface area contributed by atoms with Gasteiger partial charge < -0.3 is 14.9 Å². The minimum atomic E-state index is -0.788. The van der Waals surface area contributed by atoms with E-state index < -0.39 is 16.8 Å². The van der Waals surface area contributed by atoms with Crippen LogP contribution in [0.15, 0.2) is 11.6 Å². The number of fused-ring (bicyclic) bond motifs is 5. The van der Waals surface area contributed by atoms with Gasteiger partial charge >= 0.3 is 11.9 Å². The molecule has 3 fully saturated rings. The number of hydrogen-bond acceptors (Lipinski definition) is 4. The molecule has 204 valence electrons. The standard InChI is InChI=1S/C31H50O5/c1-26(2)13-15-31(19-32)16-14-29(6)20(21(31)17-26)9-10-23-28(5,18-24(33)34)22(11-12-30(23,29)7)27(3,4)25(35)36-8/h9,21-23,32H,10-19H2,1-8H3,(H,33,34)/t21-,22+,23+,28-,29+,30+,31+/m1/s1. The average Bonchev–Trinajstić information content (AvgIpc) is 2.78. The van der Waals surface area contributed by atoms with Gasteiger partial charge in [-0.3, -0.25) is 9.59 Å². The second-order valence-electron chi connectivity index (χ2n) is 15.0. The fraction of sp³-hybridized carbons (Fsp3) is 0.871. The number of allylic oxidation sites excluding steroid dienone is 2. The van der Waals surface area contributed by atoms with Gasteiger partial charge in [-0.05, 0) is 105 Å². The van der Waals surface area contributed by atoms with Crippen LogP contribution in [0.3, 0.4) is 0 Å². The summed E-state index contributed by atoms with van der Waals surface area (Å²) in [6, 6.07) is 0. The molecule has 4 aliphatic carbocycles. The van der Waals surface area contributed by atoms with Crippen LogP contribution in [0, 0.1) is 50.2 Å². The molecule has 0 spiro atoms. The van der Waals surface area contributed by atoms with Crippen molar-refractivity contribution in [1.82, 2.24) is 0 Å². The van der Waals surface area contributed by atoms with Crippen LogP contribution in [-0.4, -0.2) is 35.9 Å². The Labute approximate surface area is 218 Å². The van der Waals surface area contributed by atoms with Crippen LogP contribution in [0.25, 0.3) is 0 Å². The van der Waals surface area contributed by atoms with Crippen LogP contribution >= 0.6 is 0 Å². The van der Waals surface area contributed by atoms with Crippen molar-refractivity contribution in [1.29, 1.82) is 0 Å². The van der Waals surface area contributed by atoms with E-state index in [9.17, 15) is 19.8 Å². The Morgan fingerprint density at radius 2 is 1.69 bits per heavy atom. The maximum absolute atomic E-state index is 12.9. The predicted octanol–water partition coefficient (Wildman–Crippen LogP) is 6.63. The van der Waals surface area contributed by atoms with Crippen LogP contribution in [0.1, 0.15) is 106 Å². The summed E-state index contributed by atoms with van der Waals surface area (Å²) in [5.74, 6) is -0.558. The zero-order chi connectivity index (χ0) is 26.9. The molecular formula is C31H50O5. The lowest BCUT2D eigenvalue weighted by Gasteiger charge is -2.69. The largest absolute Gasteiger partial charge is 0.481 e. The van der Waals surface area contributed by atoms with E-state index in [2.05, 4.69) is 40.7 Å². The molecular weight excluding hydrogens is 452 g/mol. The number of carboxylic acids is 1. The third-order valence-electron chi connectivity index (χ3n) is 12.5. The van der Waals surface area contributed by atoms with Gasteiger partial charge in [-0.2, -0.15) is 0 Å². The van der Waals surface area contributed by atoms with Gasteiger partial charge in [0.2, 0.25) is 0 Å². The van der Waals surface area contributed by atoms with Gasteiger partial charge in [0.05, 0.1) is 18.9 Å². The zero-order valence-corrected chi connectivity index (χ0v) is 24.0. The first-order chi connectivity index (χ1) is 16.5. The average molecular weight is 503 g/mol. The number of aliphatic carboxylic acids is 1. The van der Waals surface area contributed by atoms with Crippen molar-refractivity contribution in [2.24, 2.45) is 50.2 Å². The fourth-order valence-corrected chi connectivity index (χ4v) is 10.2. The maximum Gasteiger partial charge on any atom is 0.311 e. The van der Waals surface area contributed by atoms with Crippen LogP contribution in [0.2, 0.25) is 0 Å². The van der Waals surface area contributed by atoms with Crippen molar-refractivity contribution < 1.29 is 24.5 Å². The van der Waals surface area contributed by atoms with Crippen molar-refractivity contribution in [3.8, 4) is 0 Å². The molecule has 0 unspecified atom stereocenters. The summed E-state index contributed by atoms with van der Waals surface area (Å²) in [5, 5.41) is 20.8. The number of carboxylic acid groups (broad SMARTS) is 1. The molecule has 0 aliphatic heterocycles. The summed E-state index contributed by atoms with van der Waals surface area (Å²) in [4.78, 5) is 25.2. The fourth-order valence-electron chi connectivity index (χ4n) is 10.2. The van der Waals surface area contributed by atoms with Crippen molar-refractivity contribution >= 4 is 11.9 Å². The highest BCUT2D eigenvalue weighted by Crippen LogP contribution is 2.74. The number of carbonyl (C=O) groups excluding carboxylic acids is 1. The first-order valence-corrected chi connectivity index (χ1v) is 14.1. The van der Waals surface area contributed by atoms with Gasteiger partial charge in [-0.1, -0.05) is 46.3 Å². The van der Waals surface area contributed by atoms with E-state index in [-0.39, 0.29) is 52.5 Å². The molecule has 0 aromatic carbocycles. The second kappa shape index (κ2) is 8.58. The van der Waals surface area contributed by atoms with E-state index in [1.165, 1.54) is 12.7 Å². The van der Waals surface area contributed by atoms with Gasteiger partial charge in [0.15, 0.2) is 0 Å².